The Balaban J connectivity index is 1.98. The van der Waals surface area contributed by atoms with Crippen LogP contribution in [0.4, 0.5) is 0 Å². The number of hydrogen-bond donors (Lipinski definition) is 2. The van der Waals surface area contributed by atoms with Crippen LogP contribution in [0.2, 0.25) is 5.02 Å². The third-order valence-corrected chi connectivity index (χ3v) is 5.00. The van der Waals surface area contributed by atoms with E-state index >= 15 is 0 Å². The predicted octanol–water partition coefficient (Wildman–Crippen LogP) is 4.50. The molecular formula is C16H24BrClN2. The van der Waals surface area contributed by atoms with Crippen LogP contribution in [0.15, 0.2) is 22.7 Å². The molecule has 0 unspecified atom stereocenters. The van der Waals surface area contributed by atoms with E-state index in [9.17, 15) is 0 Å². The van der Waals surface area contributed by atoms with E-state index in [2.05, 4.69) is 60.3 Å². The van der Waals surface area contributed by atoms with Crippen molar-refractivity contribution in [2.75, 3.05) is 0 Å². The quantitative estimate of drug-likeness (QED) is 0.830. The van der Waals surface area contributed by atoms with Gasteiger partial charge in [0, 0.05) is 28.1 Å². The van der Waals surface area contributed by atoms with Crippen molar-refractivity contribution in [3.8, 4) is 0 Å². The van der Waals surface area contributed by atoms with Gasteiger partial charge in [0.25, 0.3) is 0 Å². The molecule has 0 spiro atoms. The molecule has 20 heavy (non-hydrogen) atoms. The molecule has 1 aromatic rings. The SMILES string of the molecule is CC1(C)CC(NCc2ccc(Br)c(Cl)c2)CC(C)(C)N1. The maximum absolute atomic E-state index is 6.14. The van der Waals surface area contributed by atoms with E-state index in [1.54, 1.807) is 0 Å². The van der Waals surface area contributed by atoms with Crippen molar-refractivity contribution in [1.82, 2.24) is 10.6 Å². The first-order chi connectivity index (χ1) is 9.17. The Morgan fingerprint density at radius 1 is 1.25 bits per heavy atom. The first kappa shape index (κ1) is 16.3. The maximum Gasteiger partial charge on any atom is 0.0551 e. The molecule has 0 amide bonds. The number of nitrogens with one attached hydrogen (secondary N) is 2. The number of hydrogen-bond acceptors (Lipinski definition) is 2. The van der Waals surface area contributed by atoms with E-state index in [4.69, 9.17) is 11.6 Å². The van der Waals surface area contributed by atoms with Crippen LogP contribution >= 0.6 is 27.5 Å². The van der Waals surface area contributed by atoms with Gasteiger partial charge in [0.2, 0.25) is 0 Å². The molecule has 2 nitrogen and oxygen atoms in total. The van der Waals surface area contributed by atoms with Gasteiger partial charge in [0.1, 0.15) is 0 Å². The lowest BCUT2D eigenvalue weighted by atomic mass is 9.79. The van der Waals surface area contributed by atoms with E-state index < -0.39 is 0 Å². The van der Waals surface area contributed by atoms with Gasteiger partial charge < -0.3 is 10.6 Å². The maximum atomic E-state index is 6.14. The summed E-state index contributed by atoms with van der Waals surface area (Å²) in [5, 5.41) is 8.16. The van der Waals surface area contributed by atoms with Crippen LogP contribution in [-0.2, 0) is 6.54 Å². The predicted molar refractivity (Wildman–Crippen MR) is 90.3 cm³/mol. The molecule has 0 radical (unpaired) electrons. The highest BCUT2D eigenvalue weighted by Gasteiger charge is 2.37. The normalized spacial score (nSPS) is 21.9. The van der Waals surface area contributed by atoms with Crippen LogP contribution in [0.1, 0.15) is 46.1 Å². The molecule has 1 aromatic carbocycles. The smallest absolute Gasteiger partial charge is 0.0551 e. The second kappa shape index (κ2) is 5.96. The molecule has 1 fully saturated rings. The minimum atomic E-state index is 0.177. The van der Waals surface area contributed by atoms with Crippen molar-refractivity contribution >= 4 is 27.5 Å². The first-order valence-electron chi connectivity index (χ1n) is 7.14. The Morgan fingerprint density at radius 3 is 2.40 bits per heavy atom. The number of halogens is 2. The van der Waals surface area contributed by atoms with E-state index in [0.29, 0.717) is 6.04 Å². The first-order valence-corrected chi connectivity index (χ1v) is 8.31. The van der Waals surface area contributed by atoms with Crippen LogP contribution in [0.25, 0.3) is 0 Å². The van der Waals surface area contributed by atoms with Gasteiger partial charge >= 0.3 is 0 Å². The molecule has 0 saturated carbocycles. The zero-order chi connectivity index (χ0) is 15.0. The molecule has 1 aliphatic heterocycles. The monoisotopic (exact) mass is 358 g/mol. The van der Waals surface area contributed by atoms with E-state index in [1.807, 2.05) is 12.1 Å². The zero-order valence-corrected chi connectivity index (χ0v) is 15.0. The summed E-state index contributed by atoms with van der Waals surface area (Å²) < 4.78 is 0.951. The van der Waals surface area contributed by atoms with Gasteiger partial charge in [0.05, 0.1) is 5.02 Å². The molecule has 2 N–H and O–H groups in total. The third kappa shape index (κ3) is 4.45. The number of benzene rings is 1. The summed E-state index contributed by atoms with van der Waals surface area (Å²) in [5.74, 6) is 0. The molecule has 112 valence electrons. The second-order valence-electron chi connectivity index (χ2n) is 7.13. The highest BCUT2D eigenvalue weighted by molar-refractivity contribution is 9.10. The number of piperidine rings is 1. The van der Waals surface area contributed by atoms with Gasteiger partial charge in [-0.1, -0.05) is 17.7 Å². The van der Waals surface area contributed by atoms with E-state index in [1.165, 1.54) is 5.56 Å². The third-order valence-electron chi connectivity index (χ3n) is 3.77. The molecule has 0 atom stereocenters. The van der Waals surface area contributed by atoms with Gasteiger partial charge in [0.15, 0.2) is 0 Å². The fourth-order valence-electron chi connectivity index (χ4n) is 3.38. The van der Waals surface area contributed by atoms with Gasteiger partial charge in [-0.25, -0.2) is 0 Å². The molecule has 1 saturated heterocycles. The van der Waals surface area contributed by atoms with Crippen molar-refractivity contribution in [3.05, 3.63) is 33.3 Å². The van der Waals surface area contributed by atoms with Crippen molar-refractivity contribution < 1.29 is 0 Å². The number of rotatable bonds is 3. The van der Waals surface area contributed by atoms with Crippen LogP contribution in [0.5, 0.6) is 0 Å². The Kier molecular flexibility index (Phi) is 4.85. The van der Waals surface area contributed by atoms with E-state index in [0.717, 1.165) is 28.9 Å². The highest BCUT2D eigenvalue weighted by Crippen LogP contribution is 2.29. The van der Waals surface area contributed by atoms with E-state index in [-0.39, 0.29) is 11.1 Å². The molecule has 1 heterocycles. The molecule has 1 aliphatic rings. The summed E-state index contributed by atoms with van der Waals surface area (Å²) >= 11 is 9.57. The summed E-state index contributed by atoms with van der Waals surface area (Å²) in [4.78, 5) is 0. The molecule has 4 heteroatoms. The largest absolute Gasteiger partial charge is 0.310 e. The van der Waals surface area contributed by atoms with Crippen LogP contribution < -0.4 is 10.6 Å². The molecule has 2 rings (SSSR count). The molecule has 0 aromatic heterocycles. The summed E-state index contributed by atoms with van der Waals surface area (Å²) in [6, 6.07) is 6.68. The van der Waals surface area contributed by atoms with Crippen molar-refractivity contribution in [2.24, 2.45) is 0 Å². The summed E-state index contributed by atoms with van der Waals surface area (Å²) in [7, 11) is 0. The average molecular weight is 360 g/mol. The van der Waals surface area contributed by atoms with Gasteiger partial charge in [-0.05, 0) is 74.2 Å². The minimum absolute atomic E-state index is 0.177. The summed E-state index contributed by atoms with van der Waals surface area (Å²) in [5.41, 5.74) is 1.58. The fraction of sp³-hybridized carbons (Fsp3) is 0.625. The van der Waals surface area contributed by atoms with Crippen molar-refractivity contribution in [3.63, 3.8) is 0 Å². The summed E-state index contributed by atoms with van der Waals surface area (Å²) in [6.07, 6.45) is 2.28. The molecule has 0 aliphatic carbocycles. The fourth-order valence-corrected chi connectivity index (χ4v) is 3.83. The zero-order valence-electron chi connectivity index (χ0n) is 12.7. The van der Waals surface area contributed by atoms with Crippen molar-refractivity contribution in [1.29, 1.82) is 0 Å². The van der Waals surface area contributed by atoms with Gasteiger partial charge in [-0.15, -0.1) is 0 Å². The average Bonchev–Trinajstić information content (AvgIpc) is 2.27. The topological polar surface area (TPSA) is 24.1 Å². The highest BCUT2D eigenvalue weighted by atomic mass is 79.9. The van der Waals surface area contributed by atoms with Crippen molar-refractivity contribution in [2.45, 2.75) is 64.2 Å². The lowest BCUT2D eigenvalue weighted by molar-refractivity contribution is 0.145. The molecular weight excluding hydrogens is 336 g/mol. The lowest BCUT2D eigenvalue weighted by Gasteiger charge is -2.46. The second-order valence-corrected chi connectivity index (χ2v) is 8.39. The van der Waals surface area contributed by atoms with Crippen LogP contribution in [0.3, 0.4) is 0 Å². The van der Waals surface area contributed by atoms with Crippen LogP contribution in [-0.4, -0.2) is 17.1 Å². The Labute approximate surface area is 135 Å². The van der Waals surface area contributed by atoms with Crippen LogP contribution in [0, 0.1) is 0 Å². The Hall–Kier alpha value is -0.0900. The van der Waals surface area contributed by atoms with Gasteiger partial charge in [-0.3, -0.25) is 0 Å². The molecule has 0 bridgehead atoms. The lowest BCUT2D eigenvalue weighted by Crippen LogP contribution is -2.61. The standard InChI is InChI=1S/C16H24BrClN2/c1-15(2)8-12(9-16(3,4)20-15)19-10-11-5-6-13(17)14(18)7-11/h5-7,12,19-20H,8-10H2,1-4H3. The minimum Gasteiger partial charge on any atom is -0.310 e. The van der Waals surface area contributed by atoms with Gasteiger partial charge in [-0.2, -0.15) is 0 Å². The Morgan fingerprint density at radius 2 is 1.85 bits per heavy atom. The summed E-state index contributed by atoms with van der Waals surface area (Å²) in [6.45, 7) is 9.97. The Bertz CT molecular complexity index is 469.